The molecule has 0 spiro atoms. The van der Waals surface area contributed by atoms with Gasteiger partial charge in [0, 0.05) is 6.54 Å². The minimum Gasteiger partial charge on any atom is -0.494 e. The molecule has 7 heteroatoms. The van der Waals surface area contributed by atoms with Crippen LogP contribution in [0, 0.1) is 0 Å². The molecule has 1 N–H and O–H groups in total. The van der Waals surface area contributed by atoms with E-state index in [0.717, 1.165) is 17.0 Å². The highest BCUT2D eigenvalue weighted by atomic mass is 32.2. The first kappa shape index (κ1) is 18.3. The van der Waals surface area contributed by atoms with Gasteiger partial charge in [-0.3, -0.25) is 9.10 Å². The third-order valence-electron chi connectivity index (χ3n) is 3.04. The van der Waals surface area contributed by atoms with E-state index in [-0.39, 0.29) is 5.91 Å². The Hall–Kier alpha value is -1.76. The molecule has 0 radical (unpaired) electrons. The minimum absolute atomic E-state index is 0.318. The topological polar surface area (TPSA) is 75.7 Å². The zero-order valence-electron chi connectivity index (χ0n) is 13.5. The number of nitrogens with zero attached hydrogens (tertiary/aromatic N) is 1. The minimum atomic E-state index is -3.58. The van der Waals surface area contributed by atoms with Crippen molar-refractivity contribution in [2.75, 3.05) is 23.7 Å². The number of anilines is 1. The SMILES string of the molecule is CCCNC(=O)[C@@H](C)N(c1ccc(OCC)cc1)S(C)(=O)=O. The fourth-order valence-electron chi connectivity index (χ4n) is 2.06. The molecule has 1 aromatic rings. The normalized spacial score (nSPS) is 12.5. The molecule has 0 aromatic heterocycles. The molecular formula is C15H24N2O4S. The zero-order valence-corrected chi connectivity index (χ0v) is 14.3. The molecule has 6 nitrogen and oxygen atoms in total. The van der Waals surface area contributed by atoms with Gasteiger partial charge in [0.2, 0.25) is 15.9 Å². The average molecular weight is 328 g/mol. The van der Waals surface area contributed by atoms with Crippen LogP contribution in [0.2, 0.25) is 0 Å². The van der Waals surface area contributed by atoms with Gasteiger partial charge in [-0.1, -0.05) is 6.92 Å². The summed E-state index contributed by atoms with van der Waals surface area (Å²) >= 11 is 0. The molecule has 0 aliphatic rings. The van der Waals surface area contributed by atoms with E-state index in [4.69, 9.17) is 4.74 Å². The molecule has 0 bridgehead atoms. The predicted molar refractivity (Wildman–Crippen MR) is 87.7 cm³/mol. The van der Waals surface area contributed by atoms with Crippen molar-refractivity contribution in [1.29, 1.82) is 0 Å². The van der Waals surface area contributed by atoms with Crippen molar-refractivity contribution >= 4 is 21.6 Å². The number of ether oxygens (including phenoxy) is 1. The highest BCUT2D eigenvalue weighted by Crippen LogP contribution is 2.24. The molecule has 1 amide bonds. The summed E-state index contributed by atoms with van der Waals surface area (Å²) in [5.74, 6) is 0.337. The van der Waals surface area contributed by atoms with Crippen molar-refractivity contribution in [3.8, 4) is 5.75 Å². The molecule has 124 valence electrons. The largest absolute Gasteiger partial charge is 0.494 e. The van der Waals surface area contributed by atoms with E-state index in [0.29, 0.717) is 24.6 Å². The van der Waals surface area contributed by atoms with Gasteiger partial charge in [-0.25, -0.2) is 8.42 Å². The second kappa shape index (κ2) is 8.03. The standard InChI is InChI=1S/C15H24N2O4S/c1-5-11-16-15(18)12(3)17(22(4,19)20)13-7-9-14(10-8-13)21-6-2/h7-10,12H,5-6,11H2,1-4H3,(H,16,18)/t12-/m1/s1. The van der Waals surface area contributed by atoms with E-state index in [2.05, 4.69) is 5.32 Å². The van der Waals surface area contributed by atoms with Gasteiger partial charge in [-0.05, 0) is 44.5 Å². The Labute approximate surface area is 132 Å². The Morgan fingerprint density at radius 1 is 1.27 bits per heavy atom. The molecule has 0 unspecified atom stereocenters. The summed E-state index contributed by atoms with van der Waals surface area (Å²) in [5, 5.41) is 2.72. The van der Waals surface area contributed by atoms with Crippen molar-refractivity contribution in [3.05, 3.63) is 24.3 Å². The van der Waals surface area contributed by atoms with Crippen LogP contribution in [0.5, 0.6) is 5.75 Å². The van der Waals surface area contributed by atoms with Crippen LogP contribution in [0.4, 0.5) is 5.69 Å². The molecule has 1 atom stereocenters. The van der Waals surface area contributed by atoms with E-state index in [9.17, 15) is 13.2 Å². The number of benzene rings is 1. The average Bonchev–Trinajstić information content (AvgIpc) is 2.45. The van der Waals surface area contributed by atoms with Crippen molar-refractivity contribution in [2.45, 2.75) is 33.2 Å². The monoisotopic (exact) mass is 328 g/mol. The number of hydrogen-bond donors (Lipinski definition) is 1. The quantitative estimate of drug-likeness (QED) is 0.789. The van der Waals surface area contributed by atoms with Crippen LogP contribution in [0.15, 0.2) is 24.3 Å². The number of hydrogen-bond acceptors (Lipinski definition) is 4. The zero-order chi connectivity index (χ0) is 16.8. The highest BCUT2D eigenvalue weighted by Gasteiger charge is 2.28. The number of nitrogens with one attached hydrogen (secondary N) is 1. The van der Waals surface area contributed by atoms with Crippen molar-refractivity contribution in [2.24, 2.45) is 0 Å². The number of rotatable bonds is 8. The van der Waals surface area contributed by atoms with Gasteiger partial charge in [-0.2, -0.15) is 0 Å². The van der Waals surface area contributed by atoms with Crippen molar-refractivity contribution < 1.29 is 17.9 Å². The van der Waals surface area contributed by atoms with Crippen LogP contribution in [0.1, 0.15) is 27.2 Å². The number of carbonyl (C=O) groups excluding carboxylic acids is 1. The molecule has 0 heterocycles. The summed E-state index contributed by atoms with van der Waals surface area (Å²) in [6.07, 6.45) is 1.88. The van der Waals surface area contributed by atoms with Crippen LogP contribution in [-0.4, -0.2) is 39.8 Å². The van der Waals surface area contributed by atoms with Crippen LogP contribution in [0.3, 0.4) is 0 Å². The van der Waals surface area contributed by atoms with Gasteiger partial charge in [0.25, 0.3) is 0 Å². The molecule has 22 heavy (non-hydrogen) atoms. The second-order valence-corrected chi connectivity index (χ2v) is 6.81. The van der Waals surface area contributed by atoms with E-state index >= 15 is 0 Å². The maximum Gasteiger partial charge on any atom is 0.243 e. The summed E-state index contributed by atoms with van der Waals surface area (Å²) in [5.41, 5.74) is 0.435. The van der Waals surface area contributed by atoms with Gasteiger partial charge in [0.15, 0.2) is 0 Å². The molecular weight excluding hydrogens is 304 g/mol. The second-order valence-electron chi connectivity index (χ2n) is 4.95. The fraction of sp³-hybridized carbons (Fsp3) is 0.533. The molecule has 0 saturated carbocycles. The Bertz CT molecular complexity index is 584. The first-order valence-electron chi connectivity index (χ1n) is 7.31. The predicted octanol–water partition coefficient (Wildman–Crippen LogP) is 1.77. The molecule has 1 aromatic carbocycles. The van der Waals surface area contributed by atoms with Gasteiger partial charge in [0.05, 0.1) is 18.6 Å². The molecule has 0 aliphatic carbocycles. The maximum absolute atomic E-state index is 12.1. The summed E-state index contributed by atoms with van der Waals surface area (Å²) in [4.78, 5) is 12.1. The third-order valence-corrected chi connectivity index (χ3v) is 4.28. The Morgan fingerprint density at radius 2 is 1.86 bits per heavy atom. The lowest BCUT2D eigenvalue weighted by Gasteiger charge is -2.28. The molecule has 1 rings (SSSR count). The van der Waals surface area contributed by atoms with E-state index in [1.807, 2.05) is 13.8 Å². The van der Waals surface area contributed by atoms with Crippen LogP contribution < -0.4 is 14.4 Å². The van der Waals surface area contributed by atoms with E-state index < -0.39 is 16.1 Å². The fourth-order valence-corrected chi connectivity index (χ4v) is 3.24. The van der Waals surface area contributed by atoms with Crippen LogP contribution in [0.25, 0.3) is 0 Å². The van der Waals surface area contributed by atoms with Crippen LogP contribution in [-0.2, 0) is 14.8 Å². The van der Waals surface area contributed by atoms with Gasteiger partial charge < -0.3 is 10.1 Å². The number of carbonyl (C=O) groups is 1. The smallest absolute Gasteiger partial charge is 0.243 e. The van der Waals surface area contributed by atoms with Gasteiger partial charge in [0.1, 0.15) is 11.8 Å². The van der Waals surface area contributed by atoms with Crippen molar-refractivity contribution in [3.63, 3.8) is 0 Å². The van der Waals surface area contributed by atoms with Gasteiger partial charge >= 0.3 is 0 Å². The van der Waals surface area contributed by atoms with Crippen LogP contribution >= 0.6 is 0 Å². The molecule has 0 fully saturated rings. The lowest BCUT2D eigenvalue weighted by atomic mass is 10.2. The van der Waals surface area contributed by atoms with Gasteiger partial charge in [-0.15, -0.1) is 0 Å². The number of sulfonamides is 1. The molecule has 0 aliphatic heterocycles. The summed E-state index contributed by atoms with van der Waals surface area (Å²) in [6.45, 7) is 6.43. The Balaban J connectivity index is 3.05. The van der Waals surface area contributed by atoms with E-state index in [1.54, 1.807) is 31.2 Å². The summed E-state index contributed by atoms with van der Waals surface area (Å²) in [7, 11) is -3.58. The maximum atomic E-state index is 12.1. The molecule has 0 saturated heterocycles. The number of amides is 1. The summed E-state index contributed by atoms with van der Waals surface area (Å²) < 4.78 is 30.6. The van der Waals surface area contributed by atoms with E-state index in [1.165, 1.54) is 0 Å². The van der Waals surface area contributed by atoms with Crippen molar-refractivity contribution in [1.82, 2.24) is 5.32 Å². The highest BCUT2D eigenvalue weighted by molar-refractivity contribution is 7.92. The summed E-state index contributed by atoms with van der Waals surface area (Å²) in [6, 6.07) is 5.83. The first-order chi connectivity index (χ1) is 10.3. The lowest BCUT2D eigenvalue weighted by molar-refractivity contribution is -0.121. The Kier molecular flexibility index (Phi) is 6.67. The first-order valence-corrected chi connectivity index (χ1v) is 9.16. The Morgan fingerprint density at radius 3 is 2.32 bits per heavy atom. The lowest BCUT2D eigenvalue weighted by Crippen LogP contribution is -2.48. The third kappa shape index (κ3) is 4.91.